The van der Waals surface area contributed by atoms with Gasteiger partial charge in [0.05, 0.1) is 0 Å². The van der Waals surface area contributed by atoms with Crippen LogP contribution in [0.4, 0.5) is 38.0 Å². The zero-order chi connectivity index (χ0) is 21.2. The molecule has 0 unspecified atom stereocenters. The van der Waals surface area contributed by atoms with Crippen LogP contribution in [-0.4, -0.2) is 28.4 Å². The standard InChI is InChI=1S/C17H17F6N3O2/c1-15(2,3)28-11-6-4-10(5-7-11)25-14-24-8-12(17(21,22)23)13(26-14)27-9-16(18,19)20/h4-8H,9H2,1-3H3,(H,24,25,26). The second kappa shape index (κ2) is 7.72. The highest BCUT2D eigenvalue weighted by molar-refractivity contribution is 5.55. The van der Waals surface area contributed by atoms with E-state index in [4.69, 9.17) is 4.74 Å². The molecule has 0 aliphatic carbocycles. The minimum Gasteiger partial charge on any atom is -0.488 e. The van der Waals surface area contributed by atoms with E-state index in [1.165, 1.54) is 0 Å². The molecule has 0 aliphatic rings. The fourth-order valence-corrected chi connectivity index (χ4v) is 1.97. The molecule has 1 N–H and O–H groups in total. The Bertz CT molecular complexity index is 799. The topological polar surface area (TPSA) is 56.3 Å². The van der Waals surface area contributed by atoms with Gasteiger partial charge in [0.25, 0.3) is 0 Å². The van der Waals surface area contributed by atoms with Crippen molar-refractivity contribution < 1.29 is 35.8 Å². The maximum atomic E-state index is 12.9. The summed E-state index contributed by atoms with van der Waals surface area (Å²) in [6.45, 7) is 3.67. The normalized spacial score (nSPS) is 12.6. The molecule has 2 aromatic rings. The van der Waals surface area contributed by atoms with Crippen molar-refractivity contribution in [2.24, 2.45) is 0 Å². The zero-order valence-electron chi connectivity index (χ0n) is 15.1. The SMILES string of the molecule is CC(C)(C)Oc1ccc(Nc2ncc(C(F)(F)F)c(OCC(F)(F)F)n2)cc1. The Labute approximate surface area is 156 Å². The highest BCUT2D eigenvalue weighted by Crippen LogP contribution is 2.36. The zero-order valence-corrected chi connectivity index (χ0v) is 15.1. The molecule has 2 rings (SSSR count). The van der Waals surface area contributed by atoms with Crippen LogP contribution in [0.2, 0.25) is 0 Å². The predicted octanol–water partition coefficient (Wildman–Crippen LogP) is 5.36. The third-order valence-electron chi connectivity index (χ3n) is 2.97. The monoisotopic (exact) mass is 409 g/mol. The Morgan fingerprint density at radius 1 is 0.964 bits per heavy atom. The fourth-order valence-electron chi connectivity index (χ4n) is 1.97. The molecule has 0 spiro atoms. The first-order chi connectivity index (χ1) is 12.7. The first kappa shape index (κ1) is 21.6. The summed E-state index contributed by atoms with van der Waals surface area (Å²) in [6.07, 6.45) is -9.42. The lowest BCUT2D eigenvalue weighted by Gasteiger charge is -2.21. The molecule has 1 aromatic carbocycles. The van der Waals surface area contributed by atoms with Crippen LogP contribution in [0.1, 0.15) is 26.3 Å². The highest BCUT2D eigenvalue weighted by atomic mass is 19.4. The van der Waals surface area contributed by atoms with Crippen molar-refractivity contribution >= 4 is 11.6 Å². The third-order valence-corrected chi connectivity index (χ3v) is 2.97. The van der Waals surface area contributed by atoms with Crippen molar-refractivity contribution in [2.45, 2.75) is 38.7 Å². The number of hydrogen-bond donors (Lipinski definition) is 1. The van der Waals surface area contributed by atoms with Gasteiger partial charge in [0, 0.05) is 11.9 Å². The van der Waals surface area contributed by atoms with Gasteiger partial charge in [-0.2, -0.15) is 31.3 Å². The predicted molar refractivity (Wildman–Crippen MR) is 88.7 cm³/mol. The number of anilines is 2. The van der Waals surface area contributed by atoms with Gasteiger partial charge < -0.3 is 14.8 Å². The van der Waals surface area contributed by atoms with Gasteiger partial charge in [-0.05, 0) is 45.0 Å². The van der Waals surface area contributed by atoms with E-state index in [2.05, 4.69) is 20.0 Å². The first-order valence-corrected chi connectivity index (χ1v) is 7.93. The molecule has 0 atom stereocenters. The lowest BCUT2D eigenvalue weighted by atomic mass is 10.2. The molecule has 11 heteroatoms. The Morgan fingerprint density at radius 2 is 1.57 bits per heavy atom. The van der Waals surface area contributed by atoms with Crippen molar-refractivity contribution in [3.63, 3.8) is 0 Å². The summed E-state index contributed by atoms with van der Waals surface area (Å²) >= 11 is 0. The van der Waals surface area contributed by atoms with Crippen LogP contribution in [0.5, 0.6) is 11.6 Å². The van der Waals surface area contributed by atoms with E-state index in [-0.39, 0.29) is 5.95 Å². The number of halogens is 6. The molecule has 0 radical (unpaired) electrons. The number of rotatable bonds is 5. The molecular weight excluding hydrogens is 392 g/mol. The summed E-state index contributed by atoms with van der Waals surface area (Å²) in [4.78, 5) is 6.92. The number of aromatic nitrogens is 2. The van der Waals surface area contributed by atoms with E-state index in [0.717, 1.165) is 0 Å². The van der Waals surface area contributed by atoms with Gasteiger partial charge in [-0.25, -0.2) is 4.98 Å². The van der Waals surface area contributed by atoms with E-state index < -0.39 is 36.0 Å². The number of benzene rings is 1. The van der Waals surface area contributed by atoms with E-state index in [9.17, 15) is 26.3 Å². The molecule has 0 saturated carbocycles. The highest BCUT2D eigenvalue weighted by Gasteiger charge is 2.38. The molecule has 0 saturated heterocycles. The third kappa shape index (κ3) is 6.78. The number of ether oxygens (including phenoxy) is 2. The minimum atomic E-state index is -4.97. The second-order valence-corrected chi connectivity index (χ2v) is 6.68. The molecule has 0 amide bonds. The van der Waals surface area contributed by atoms with Crippen LogP contribution in [0.3, 0.4) is 0 Å². The number of hydrogen-bond acceptors (Lipinski definition) is 5. The smallest absolute Gasteiger partial charge is 0.423 e. The van der Waals surface area contributed by atoms with Crippen LogP contribution >= 0.6 is 0 Å². The van der Waals surface area contributed by atoms with Gasteiger partial charge in [0.2, 0.25) is 11.8 Å². The van der Waals surface area contributed by atoms with E-state index >= 15 is 0 Å². The number of alkyl halides is 6. The van der Waals surface area contributed by atoms with Crippen molar-refractivity contribution in [2.75, 3.05) is 11.9 Å². The molecule has 1 aromatic heterocycles. The van der Waals surface area contributed by atoms with Gasteiger partial charge >= 0.3 is 12.4 Å². The van der Waals surface area contributed by atoms with E-state index in [0.29, 0.717) is 17.6 Å². The molecular formula is C17H17F6N3O2. The molecule has 28 heavy (non-hydrogen) atoms. The summed E-state index contributed by atoms with van der Waals surface area (Å²) in [7, 11) is 0. The number of nitrogens with zero attached hydrogens (tertiary/aromatic N) is 2. The Balaban J connectivity index is 2.21. The first-order valence-electron chi connectivity index (χ1n) is 7.93. The maximum absolute atomic E-state index is 12.9. The summed E-state index contributed by atoms with van der Waals surface area (Å²) < 4.78 is 85.5. The summed E-state index contributed by atoms with van der Waals surface area (Å²) in [5, 5.41) is 2.60. The van der Waals surface area contributed by atoms with Crippen LogP contribution < -0.4 is 14.8 Å². The van der Waals surface area contributed by atoms with Crippen LogP contribution in [0, 0.1) is 0 Å². The van der Waals surface area contributed by atoms with Crippen molar-refractivity contribution in [1.29, 1.82) is 0 Å². The van der Waals surface area contributed by atoms with E-state index in [1.54, 1.807) is 24.3 Å². The minimum absolute atomic E-state index is 0.352. The summed E-state index contributed by atoms with van der Waals surface area (Å²) in [6, 6.07) is 6.33. The summed E-state index contributed by atoms with van der Waals surface area (Å²) in [5.41, 5.74) is -1.53. The molecule has 0 aliphatic heterocycles. The molecule has 154 valence electrons. The van der Waals surface area contributed by atoms with Crippen LogP contribution in [0.15, 0.2) is 30.5 Å². The Morgan fingerprint density at radius 3 is 2.07 bits per heavy atom. The number of nitrogens with one attached hydrogen (secondary N) is 1. The molecule has 0 bridgehead atoms. The lowest BCUT2D eigenvalue weighted by molar-refractivity contribution is -0.159. The largest absolute Gasteiger partial charge is 0.488 e. The van der Waals surface area contributed by atoms with Gasteiger partial charge in [-0.15, -0.1) is 0 Å². The Kier molecular flexibility index (Phi) is 5.95. The van der Waals surface area contributed by atoms with Gasteiger partial charge in [0.1, 0.15) is 16.9 Å². The molecule has 5 nitrogen and oxygen atoms in total. The van der Waals surface area contributed by atoms with Crippen LogP contribution in [0.25, 0.3) is 0 Å². The Hall–Kier alpha value is -2.72. The van der Waals surface area contributed by atoms with Gasteiger partial charge in [-0.3, -0.25) is 0 Å². The van der Waals surface area contributed by atoms with Gasteiger partial charge in [0.15, 0.2) is 6.61 Å². The van der Waals surface area contributed by atoms with E-state index in [1.807, 2.05) is 20.8 Å². The average molecular weight is 409 g/mol. The molecule has 1 heterocycles. The fraction of sp³-hybridized carbons (Fsp3) is 0.412. The van der Waals surface area contributed by atoms with Crippen molar-refractivity contribution in [1.82, 2.24) is 9.97 Å². The lowest BCUT2D eigenvalue weighted by Crippen LogP contribution is -2.22. The quantitative estimate of drug-likeness (QED) is 0.674. The average Bonchev–Trinajstić information content (AvgIpc) is 2.52. The van der Waals surface area contributed by atoms with Gasteiger partial charge in [-0.1, -0.05) is 0 Å². The molecule has 0 fully saturated rings. The summed E-state index contributed by atoms with van der Waals surface area (Å²) in [5.74, 6) is -1.01. The maximum Gasteiger partial charge on any atom is 0.423 e. The van der Waals surface area contributed by atoms with Crippen LogP contribution in [-0.2, 0) is 6.18 Å². The van der Waals surface area contributed by atoms with Crippen molar-refractivity contribution in [3.8, 4) is 11.6 Å². The van der Waals surface area contributed by atoms with Crippen molar-refractivity contribution in [3.05, 3.63) is 36.0 Å². The second-order valence-electron chi connectivity index (χ2n) is 6.68.